The number of aryl methyl sites for hydroxylation is 1. The number of hydrogen-bond acceptors (Lipinski definition) is 6. The molecule has 0 unspecified atom stereocenters. The first kappa shape index (κ1) is 15.1. The fraction of sp³-hybridized carbons (Fsp3) is 0.500. The zero-order valence-electron chi connectivity index (χ0n) is 12.6. The van der Waals surface area contributed by atoms with Crippen LogP contribution in [0, 0.1) is 0 Å². The van der Waals surface area contributed by atoms with E-state index in [-0.39, 0.29) is 30.5 Å². The molecule has 0 bridgehead atoms. The molecule has 3 heterocycles. The lowest BCUT2D eigenvalue weighted by Crippen LogP contribution is -2.27. The van der Waals surface area contributed by atoms with Crippen LogP contribution in [0.5, 0.6) is 0 Å². The summed E-state index contributed by atoms with van der Waals surface area (Å²) in [4.78, 5) is 30.2. The largest absolute Gasteiger partial charge is 0.389 e. The van der Waals surface area contributed by atoms with Gasteiger partial charge in [-0.2, -0.15) is 5.10 Å². The van der Waals surface area contributed by atoms with Gasteiger partial charge < -0.3 is 5.11 Å². The number of hydroxylamine groups is 2. The molecule has 1 atom stereocenters. The highest BCUT2D eigenvalue weighted by Crippen LogP contribution is 2.30. The van der Waals surface area contributed by atoms with Crippen molar-refractivity contribution in [1.29, 1.82) is 0 Å². The molecule has 1 aliphatic heterocycles. The lowest BCUT2D eigenvalue weighted by Gasteiger charge is -2.11. The van der Waals surface area contributed by atoms with Crippen LogP contribution in [0.4, 0.5) is 0 Å². The Bertz CT molecular complexity index is 795. The molecule has 22 heavy (non-hydrogen) atoms. The Labute approximate surface area is 130 Å². The standard InChI is InChI=1S/C14H17N3O4S/c1-7(2)11-12-9(13(19)16(3)15-11)4-10(22-12)14(20)17-5-8(18)6-21-17/h4,7-8,18H,5-6H2,1-3H3/t8-/m0/s1. The minimum atomic E-state index is -0.668. The van der Waals surface area contributed by atoms with E-state index in [1.807, 2.05) is 13.8 Å². The van der Waals surface area contributed by atoms with Crippen molar-refractivity contribution in [3.8, 4) is 0 Å². The van der Waals surface area contributed by atoms with Gasteiger partial charge in [-0.05, 0) is 12.0 Å². The number of nitrogens with zero attached hydrogens (tertiary/aromatic N) is 3. The van der Waals surface area contributed by atoms with Crippen molar-refractivity contribution in [1.82, 2.24) is 14.8 Å². The number of rotatable bonds is 2. The molecule has 7 nitrogen and oxygen atoms in total. The lowest BCUT2D eigenvalue weighted by molar-refractivity contribution is -0.0776. The molecule has 0 spiro atoms. The highest BCUT2D eigenvalue weighted by Gasteiger charge is 2.29. The second-order valence-electron chi connectivity index (χ2n) is 5.64. The second-order valence-corrected chi connectivity index (χ2v) is 6.69. The van der Waals surface area contributed by atoms with E-state index in [1.54, 1.807) is 13.1 Å². The fourth-order valence-corrected chi connectivity index (χ4v) is 3.61. The number of β-amino-alcohol motifs (C(OH)–C–C–N with tert-alkyl or cyclic N) is 1. The Hall–Kier alpha value is -1.77. The topological polar surface area (TPSA) is 84.7 Å². The van der Waals surface area contributed by atoms with Crippen LogP contribution in [0.3, 0.4) is 0 Å². The predicted octanol–water partition coefficient (Wildman–Crippen LogP) is 0.867. The maximum Gasteiger partial charge on any atom is 0.287 e. The summed E-state index contributed by atoms with van der Waals surface area (Å²) in [5, 5.41) is 15.4. The summed E-state index contributed by atoms with van der Waals surface area (Å²) in [6.07, 6.45) is -0.668. The number of hydrogen-bond donors (Lipinski definition) is 1. The van der Waals surface area contributed by atoms with Crippen LogP contribution in [-0.2, 0) is 11.9 Å². The molecule has 118 valence electrons. The SMILES string of the molecule is CC(C)c1nn(C)c(=O)c2cc(C(=O)N3C[C@H](O)CO3)sc12. The van der Waals surface area contributed by atoms with Crippen LogP contribution < -0.4 is 5.56 Å². The summed E-state index contributed by atoms with van der Waals surface area (Å²) in [6, 6.07) is 1.59. The van der Waals surface area contributed by atoms with Crippen molar-refractivity contribution in [2.75, 3.05) is 13.2 Å². The molecule has 0 aromatic carbocycles. The molecule has 3 rings (SSSR count). The Kier molecular flexibility index (Phi) is 3.75. The van der Waals surface area contributed by atoms with Gasteiger partial charge in [0.05, 0.1) is 27.2 Å². The van der Waals surface area contributed by atoms with Gasteiger partial charge in [-0.1, -0.05) is 13.8 Å². The van der Waals surface area contributed by atoms with Crippen molar-refractivity contribution < 1.29 is 14.7 Å². The van der Waals surface area contributed by atoms with E-state index in [9.17, 15) is 14.7 Å². The summed E-state index contributed by atoms with van der Waals surface area (Å²) in [6.45, 7) is 4.23. The van der Waals surface area contributed by atoms with Crippen molar-refractivity contribution in [2.24, 2.45) is 7.05 Å². The van der Waals surface area contributed by atoms with Gasteiger partial charge >= 0.3 is 0 Å². The number of thiophene rings is 1. The molecular weight excluding hydrogens is 306 g/mol. The molecule has 8 heteroatoms. The van der Waals surface area contributed by atoms with Crippen molar-refractivity contribution in [2.45, 2.75) is 25.9 Å². The summed E-state index contributed by atoms with van der Waals surface area (Å²) in [5.41, 5.74) is 0.570. The lowest BCUT2D eigenvalue weighted by atomic mass is 10.1. The van der Waals surface area contributed by atoms with Gasteiger partial charge in [-0.15, -0.1) is 11.3 Å². The molecule has 0 saturated carbocycles. The van der Waals surface area contributed by atoms with E-state index in [0.29, 0.717) is 10.3 Å². The maximum absolute atomic E-state index is 12.4. The molecule has 0 radical (unpaired) electrons. The zero-order valence-corrected chi connectivity index (χ0v) is 13.4. The second kappa shape index (κ2) is 5.45. The third kappa shape index (κ3) is 2.43. The summed E-state index contributed by atoms with van der Waals surface area (Å²) in [5.74, 6) is -0.199. The first-order valence-corrected chi connectivity index (χ1v) is 7.83. The predicted molar refractivity (Wildman–Crippen MR) is 81.9 cm³/mol. The zero-order chi connectivity index (χ0) is 16.0. The number of carbonyl (C=O) groups excluding carboxylic acids is 1. The fourth-order valence-electron chi connectivity index (χ4n) is 2.39. The van der Waals surface area contributed by atoms with Gasteiger partial charge in [0.2, 0.25) is 0 Å². The number of fused-ring (bicyclic) bond motifs is 1. The Balaban J connectivity index is 2.09. The average Bonchev–Trinajstić information content (AvgIpc) is 3.08. The number of amides is 1. The highest BCUT2D eigenvalue weighted by atomic mass is 32.1. The third-order valence-corrected chi connectivity index (χ3v) is 4.68. The van der Waals surface area contributed by atoms with Gasteiger partial charge in [0, 0.05) is 7.05 Å². The normalized spacial score (nSPS) is 18.6. The smallest absolute Gasteiger partial charge is 0.287 e. The minimum Gasteiger partial charge on any atom is -0.389 e. The van der Waals surface area contributed by atoms with E-state index >= 15 is 0 Å². The van der Waals surface area contributed by atoms with E-state index in [2.05, 4.69) is 5.10 Å². The number of carbonyl (C=O) groups is 1. The molecule has 2 aromatic heterocycles. The van der Waals surface area contributed by atoms with Crippen LogP contribution in [-0.4, -0.2) is 45.1 Å². The minimum absolute atomic E-state index is 0.108. The molecule has 1 saturated heterocycles. The molecule has 2 aromatic rings. The number of aliphatic hydroxyl groups excluding tert-OH is 1. The van der Waals surface area contributed by atoms with E-state index in [4.69, 9.17) is 4.84 Å². The van der Waals surface area contributed by atoms with Crippen LogP contribution in [0.15, 0.2) is 10.9 Å². The third-order valence-electron chi connectivity index (χ3n) is 3.53. The van der Waals surface area contributed by atoms with E-state index in [1.165, 1.54) is 16.0 Å². The summed E-state index contributed by atoms with van der Waals surface area (Å²) in [7, 11) is 1.60. The first-order valence-electron chi connectivity index (χ1n) is 7.02. The molecular formula is C14H17N3O4S. The van der Waals surface area contributed by atoms with Gasteiger partial charge in [-0.25, -0.2) is 9.75 Å². The van der Waals surface area contributed by atoms with Crippen LogP contribution in [0.25, 0.3) is 10.1 Å². The van der Waals surface area contributed by atoms with E-state index < -0.39 is 6.10 Å². The average molecular weight is 323 g/mol. The van der Waals surface area contributed by atoms with E-state index in [0.717, 1.165) is 15.5 Å². The highest BCUT2D eigenvalue weighted by molar-refractivity contribution is 7.21. The maximum atomic E-state index is 12.4. The number of aliphatic hydroxyl groups is 1. The van der Waals surface area contributed by atoms with Gasteiger partial charge in [0.1, 0.15) is 12.7 Å². The Morgan fingerprint density at radius 3 is 2.86 bits per heavy atom. The number of aromatic nitrogens is 2. The molecule has 0 aliphatic carbocycles. The molecule has 1 fully saturated rings. The summed E-state index contributed by atoms with van der Waals surface area (Å²) < 4.78 is 2.04. The molecule has 1 aliphatic rings. The van der Waals surface area contributed by atoms with Gasteiger partial charge in [0.15, 0.2) is 0 Å². The van der Waals surface area contributed by atoms with Gasteiger partial charge in [-0.3, -0.25) is 14.4 Å². The first-order chi connectivity index (χ1) is 10.4. The molecule has 1 amide bonds. The van der Waals surface area contributed by atoms with Crippen molar-refractivity contribution >= 4 is 27.3 Å². The molecule has 1 N–H and O–H groups in total. The van der Waals surface area contributed by atoms with Crippen LogP contribution in [0.1, 0.15) is 35.1 Å². The Morgan fingerprint density at radius 2 is 2.27 bits per heavy atom. The monoisotopic (exact) mass is 323 g/mol. The van der Waals surface area contributed by atoms with Crippen molar-refractivity contribution in [3.63, 3.8) is 0 Å². The van der Waals surface area contributed by atoms with Gasteiger partial charge in [0.25, 0.3) is 11.5 Å². The van der Waals surface area contributed by atoms with Crippen LogP contribution >= 0.6 is 11.3 Å². The quantitative estimate of drug-likeness (QED) is 0.886. The van der Waals surface area contributed by atoms with Crippen LogP contribution in [0.2, 0.25) is 0 Å². The van der Waals surface area contributed by atoms with Crippen molar-refractivity contribution in [3.05, 3.63) is 27.0 Å². The summed E-state index contributed by atoms with van der Waals surface area (Å²) >= 11 is 1.24. The Morgan fingerprint density at radius 1 is 1.55 bits per heavy atom.